The highest BCUT2D eigenvalue weighted by atomic mass is 16.5. The van der Waals surface area contributed by atoms with Crippen LogP contribution in [0.5, 0.6) is 5.75 Å². The normalized spacial score (nSPS) is 15.4. The Kier molecular flexibility index (Phi) is 6.68. The molecule has 2 N–H and O–H groups in total. The summed E-state index contributed by atoms with van der Waals surface area (Å²) in [4.78, 5) is 10.8. The number of nitrogens with one attached hydrogen (secondary N) is 1. The van der Waals surface area contributed by atoms with Gasteiger partial charge in [0.05, 0.1) is 6.10 Å². The van der Waals surface area contributed by atoms with E-state index in [0.29, 0.717) is 11.8 Å². The molecule has 0 amide bonds. The molecule has 0 saturated carbocycles. The Hall–Kier alpha value is -1.39. The highest BCUT2D eigenvalue weighted by molar-refractivity contribution is 5.69. The number of esters is 1. The summed E-state index contributed by atoms with van der Waals surface area (Å²) in [5.41, 5.74) is 0.810. The fourth-order valence-corrected chi connectivity index (χ4v) is 2.24. The van der Waals surface area contributed by atoms with Crippen LogP contribution in [-0.2, 0) is 4.79 Å². The summed E-state index contributed by atoms with van der Waals surface area (Å²) < 4.78 is 4.97. The molecular formula is C16H25NO3. The van der Waals surface area contributed by atoms with Gasteiger partial charge in [0.1, 0.15) is 5.75 Å². The molecular weight excluding hydrogens is 254 g/mol. The molecule has 1 rings (SSSR count). The average molecular weight is 279 g/mol. The fraction of sp³-hybridized carbons (Fsp3) is 0.562. The Labute approximate surface area is 121 Å². The molecule has 0 saturated heterocycles. The van der Waals surface area contributed by atoms with Crippen molar-refractivity contribution in [3.05, 3.63) is 29.8 Å². The number of aliphatic hydroxyl groups excluding tert-OH is 1. The lowest BCUT2D eigenvalue weighted by Crippen LogP contribution is -2.38. The van der Waals surface area contributed by atoms with Gasteiger partial charge in [0, 0.05) is 19.0 Å². The second-order valence-electron chi connectivity index (χ2n) is 5.25. The van der Waals surface area contributed by atoms with E-state index in [1.807, 2.05) is 6.92 Å². The van der Waals surface area contributed by atoms with Crippen LogP contribution in [0.15, 0.2) is 24.3 Å². The molecule has 0 aliphatic heterocycles. The Morgan fingerprint density at radius 1 is 1.30 bits per heavy atom. The van der Waals surface area contributed by atoms with Crippen LogP contribution in [0.4, 0.5) is 0 Å². The first kappa shape index (κ1) is 16.7. The maximum Gasteiger partial charge on any atom is 0.308 e. The van der Waals surface area contributed by atoms with Crippen LogP contribution >= 0.6 is 0 Å². The van der Waals surface area contributed by atoms with Gasteiger partial charge in [-0.1, -0.05) is 25.5 Å². The summed E-state index contributed by atoms with van der Waals surface area (Å²) in [7, 11) is 0. The second kappa shape index (κ2) is 8.02. The van der Waals surface area contributed by atoms with E-state index in [1.165, 1.54) is 6.92 Å². The molecule has 0 heterocycles. The summed E-state index contributed by atoms with van der Waals surface area (Å²) >= 11 is 0. The van der Waals surface area contributed by atoms with E-state index in [1.54, 1.807) is 24.3 Å². The number of carbonyl (C=O) groups is 1. The summed E-state index contributed by atoms with van der Waals surface area (Å²) in [5.74, 6) is 0.148. The quantitative estimate of drug-likeness (QED) is 0.595. The molecule has 0 aliphatic rings. The summed E-state index contributed by atoms with van der Waals surface area (Å²) in [6.45, 7) is 7.60. The van der Waals surface area contributed by atoms with E-state index < -0.39 is 6.10 Å². The number of rotatable bonds is 7. The lowest BCUT2D eigenvalue weighted by atomic mass is 10.0. The van der Waals surface area contributed by atoms with Gasteiger partial charge in [-0.3, -0.25) is 4.79 Å². The zero-order valence-electron chi connectivity index (χ0n) is 12.7. The van der Waals surface area contributed by atoms with Gasteiger partial charge in [0.15, 0.2) is 0 Å². The third-order valence-corrected chi connectivity index (χ3v) is 3.23. The third-order valence-electron chi connectivity index (χ3n) is 3.23. The highest BCUT2D eigenvalue weighted by Gasteiger charge is 2.17. The molecule has 1 aromatic rings. The maximum atomic E-state index is 10.8. The molecule has 112 valence electrons. The summed E-state index contributed by atoms with van der Waals surface area (Å²) in [5, 5.41) is 13.7. The van der Waals surface area contributed by atoms with Gasteiger partial charge < -0.3 is 15.2 Å². The Morgan fingerprint density at radius 3 is 2.40 bits per heavy atom. The van der Waals surface area contributed by atoms with Gasteiger partial charge >= 0.3 is 5.97 Å². The van der Waals surface area contributed by atoms with Crippen molar-refractivity contribution in [1.29, 1.82) is 0 Å². The number of benzene rings is 1. The number of hydrogen-bond acceptors (Lipinski definition) is 4. The summed E-state index contributed by atoms with van der Waals surface area (Å²) in [6, 6.07) is 7.31. The van der Waals surface area contributed by atoms with Crippen molar-refractivity contribution < 1.29 is 14.6 Å². The summed E-state index contributed by atoms with van der Waals surface area (Å²) in [6.07, 6.45) is 1.62. The lowest BCUT2D eigenvalue weighted by molar-refractivity contribution is -0.131. The van der Waals surface area contributed by atoms with E-state index in [-0.39, 0.29) is 12.0 Å². The highest BCUT2D eigenvalue weighted by Crippen LogP contribution is 2.21. The predicted molar refractivity (Wildman–Crippen MR) is 79.7 cm³/mol. The van der Waals surface area contributed by atoms with Crippen molar-refractivity contribution in [1.82, 2.24) is 5.32 Å². The molecule has 20 heavy (non-hydrogen) atoms. The van der Waals surface area contributed by atoms with Crippen LogP contribution in [0, 0.1) is 0 Å². The largest absolute Gasteiger partial charge is 0.427 e. The first-order valence-electron chi connectivity index (χ1n) is 7.16. The van der Waals surface area contributed by atoms with Crippen molar-refractivity contribution in [2.24, 2.45) is 0 Å². The van der Waals surface area contributed by atoms with Crippen LogP contribution in [0.1, 0.15) is 52.2 Å². The van der Waals surface area contributed by atoms with Gasteiger partial charge in [-0.2, -0.15) is 0 Å². The monoisotopic (exact) mass is 279 g/mol. The van der Waals surface area contributed by atoms with Gasteiger partial charge in [-0.15, -0.1) is 0 Å². The van der Waals surface area contributed by atoms with E-state index in [9.17, 15) is 9.90 Å². The third kappa shape index (κ3) is 5.31. The van der Waals surface area contributed by atoms with Crippen molar-refractivity contribution in [2.75, 3.05) is 0 Å². The first-order valence-corrected chi connectivity index (χ1v) is 7.16. The number of ether oxygens (including phenoxy) is 1. The molecule has 0 bridgehead atoms. The van der Waals surface area contributed by atoms with E-state index >= 15 is 0 Å². The first-order chi connectivity index (χ1) is 9.43. The fourth-order valence-electron chi connectivity index (χ4n) is 2.24. The van der Waals surface area contributed by atoms with Crippen LogP contribution < -0.4 is 10.1 Å². The van der Waals surface area contributed by atoms with Crippen LogP contribution in [-0.4, -0.2) is 23.2 Å². The Balaban J connectivity index is 2.62. The molecule has 3 unspecified atom stereocenters. The van der Waals surface area contributed by atoms with Crippen molar-refractivity contribution in [3.63, 3.8) is 0 Å². The molecule has 3 atom stereocenters. The number of carbonyl (C=O) groups excluding carboxylic acids is 1. The Bertz CT molecular complexity index is 416. The Morgan fingerprint density at radius 2 is 1.90 bits per heavy atom. The topological polar surface area (TPSA) is 58.6 Å². The van der Waals surface area contributed by atoms with Gasteiger partial charge in [0.25, 0.3) is 0 Å². The zero-order valence-corrected chi connectivity index (χ0v) is 12.7. The van der Waals surface area contributed by atoms with E-state index in [4.69, 9.17) is 4.74 Å². The second-order valence-corrected chi connectivity index (χ2v) is 5.25. The molecule has 0 spiro atoms. The van der Waals surface area contributed by atoms with E-state index in [0.717, 1.165) is 18.4 Å². The molecule has 1 aromatic carbocycles. The van der Waals surface area contributed by atoms with Crippen molar-refractivity contribution in [3.8, 4) is 5.75 Å². The molecule has 0 aliphatic carbocycles. The van der Waals surface area contributed by atoms with Crippen molar-refractivity contribution in [2.45, 2.75) is 58.7 Å². The standard InChI is InChI=1S/C16H25NO3/c1-5-6-11(2)17-12(3)16(19)14-7-9-15(10-8-14)20-13(4)18/h7-12,16-17,19H,5-6H2,1-4H3. The van der Waals surface area contributed by atoms with Gasteiger partial charge in [0.2, 0.25) is 0 Å². The van der Waals surface area contributed by atoms with Crippen LogP contribution in [0.25, 0.3) is 0 Å². The van der Waals surface area contributed by atoms with Crippen LogP contribution in [0.3, 0.4) is 0 Å². The van der Waals surface area contributed by atoms with E-state index in [2.05, 4.69) is 19.2 Å². The zero-order chi connectivity index (χ0) is 15.1. The minimum absolute atomic E-state index is 0.0314. The molecule has 0 aromatic heterocycles. The minimum atomic E-state index is -0.583. The predicted octanol–water partition coefficient (Wildman–Crippen LogP) is 2.81. The smallest absolute Gasteiger partial charge is 0.308 e. The average Bonchev–Trinajstić information content (AvgIpc) is 2.38. The molecule has 0 fully saturated rings. The van der Waals surface area contributed by atoms with Crippen LogP contribution in [0.2, 0.25) is 0 Å². The molecule has 4 nitrogen and oxygen atoms in total. The number of hydrogen-bond donors (Lipinski definition) is 2. The molecule has 0 radical (unpaired) electrons. The van der Waals surface area contributed by atoms with Crippen molar-refractivity contribution >= 4 is 5.97 Å². The molecule has 4 heteroatoms. The minimum Gasteiger partial charge on any atom is -0.427 e. The SMILES string of the molecule is CCCC(C)NC(C)C(O)c1ccc(OC(C)=O)cc1. The number of aliphatic hydroxyl groups is 1. The lowest BCUT2D eigenvalue weighted by Gasteiger charge is -2.24. The van der Waals surface area contributed by atoms with Gasteiger partial charge in [-0.25, -0.2) is 0 Å². The van der Waals surface area contributed by atoms with Gasteiger partial charge in [-0.05, 0) is 38.0 Å². The maximum absolute atomic E-state index is 10.8.